The maximum atomic E-state index is 12.9. The maximum absolute atomic E-state index is 12.9. The van der Waals surface area contributed by atoms with Gasteiger partial charge >= 0.3 is 5.97 Å². The number of ether oxygens (including phenoxy) is 4. The first kappa shape index (κ1) is 24.6. The standard InChI is InChI=1S/C25H29N3O6/c1-5-27(15-18-12-13-20(31-3)21(14-18)32-4)23(29)17-34-22-16-28(19-10-8-7-9-11-19)26-24(22)25(30)33-6-2/h7-14,16H,5-6,15,17H2,1-4H3. The molecule has 0 bridgehead atoms. The van der Waals surface area contributed by atoms with E-state index in [2.05, 4.69) is 5.10 Å². The average molecular weight is 468 g/mol. The van der Waals surface area contributed by atoms with Crippen LogP contribution in [0.4, 0.5) is 0 Å². The van der Waals surface area contributed by atoms with E-state index in [4.69, 9.17) is 18.9 Å². The molecule has 0 unspecified atom stereocenters. The Morgan fingerprint density at radius 1 is 0.971 bits per heavy atom. The minimum atomic E-state index is -0.614. The molecule has 3 aromatic rings. The zero-order valence-electron chi connectivity index (χ0n) is 19.8. The molecule has 0 spiro atoms. The van der Waals surface area contributed by atoms with Crippen molar-refractivity contribution < 1.29 is 28.5 Å². The number of para-hydroxylation sites is 1. The van der Waals surface area contributed by atoms with Gasteiger partial charge in [-0.25, -0.2) is 9.48 Å². The first-order chi connectivity index (χ1) is 16.5. The van der Waals surface area contributed by atoms with E-state index in [1.54, 1.807) is 38.3 Å². The van der Waals surface area contributed by atoms with E-state index in [1.165, 1.54) is 4.68 Å². The van der Waals surface area contributed by atoms with Crippen LogP contribution in [-0.4, -0.2) is 60.5 Å². The molecule has 0 saturated carbocycles. The van der Waals surface area contributed by atoms with Crippen LogP contribution in [0, 0.1) is 0 Å². The third-order valence-electron chi connectivity index (χ3n) is 5.08. The Hall–Kier alpha value is -4.01. The number of carbonyl (C=O) groups excluding carboxylic acids is 2. The Morgan fingerprint density at radius 3 is 2.35 bits per heavy atom. The predicted octanol–water partition coefficient (Wildman–Crippen LogP) is 3.49. The number of aromatic nitrogens is 2. The topological polar surface area (TPSA) is 92.1 Å². The number of amides is 1. The van der Waals surface area contributed by atoms with Gasteiger partial charge in [0.15, 0.2) is 23.9 Å². The molecule has 3 rings (SSSR count). The van der Waals surface area contributed by atoms with Crippen molar-refractivity contribution in [2.75, 3.05) is 34.0 Å². The van der Waals surface area contributed by atoms with Crippen LogP contribution >= 0.6 is 0 Å². The second-order valence-electron chi connectivity index (χ2n) is 7.23. The van der Waals surface area contributed by atoms with Gasteiger partial charge in [0.05, 0.1) is 32.7 Å². The van der Waals surface area contributed by atoms with E-state index < -0.39 is 5.97 Å². The van der Waals surface area contributed by atoms with E-state index in [0.29, 0.717) is 24.6 Å². The minimum absolute atomic E-state index is 0.0152. The van der Waals surface area contributed by atoms with Crippen molar-refractivity contribution in [2.24, 2.45) is 0 Å². The van der Waals surface area contributed by atoms with Gasteiger partial charge < -0.3 is 23.8 Å². The highest BCUT2D eigenvalue weighted by Gasteiger charge is 2.22. The van der Waals surface area contributed by atoms with E-state index in [0.717, 1.165) is 11.3 Å². The van der Waals surface area contributed by atoms with Crippen molar-refractivity contribution in [1.82, 2.24) is 14.7 Å². The van der Waals surface area contributed by atoms with Crippen LogP contribution in [0.3, 0.4) is 0 Å². The molecular formula is C25H29N3O6. The molecule has 0 aliphatic rings. The SMILES string of the molecule is CCOC(=O)c1nn(-c2ccccc2)cc1OCC(=O)N(CC)Cc1ccc(OC)c(OC)c1. The third-order valence-corrected chi connectivity index (χ3v) is 5.08. The molecule has 2 aromatic carbocycles. The number of esters is 1. The molecule has 1 amide bonds. The van der Waals surface area contributed by atoms with Crippen LogP contribution in [0.2, 0.25) is 0 Å². The number of rotatable bonds is 11. The summed E-state index contributed by atoms with van der Waals surface area (Å²) in [5.41, 5.74) is 1.65. The second kappa shape index (κ2) is 11.7. The van der Waals surface area contributed by atoms with Gasteiger partial charge in [-0.05, 0) is 43.7 Å². The lowest BCUT2D eigenvalue weighted by Crippen LogP contribution is -2.34. The number of likely N-dealkylation sites (N-methyl/N-ethyl adjacent to an activating group) is 1. The Bertz CT molecular complexity index is 1110. The van der Waals surface area contributed by atoms with Crippen molar-refractivity contribution in [3.63, 3.8) is 0 Å². The molecule has 34 heavy (non-hydrogen) atoms. The fourth-order valence-corrected chi connectivity index (χ4v) is 3.32. The van der Waals surface area contributed by atoms with Gasteiger partial charge in [0, 0.05) is 13.1 Å². The second-order valence-corrected chi connectivity index (χ2v) is 7.23. The molecule has 9 heteroatoms. The molecule has 0 radical (unpaired) electrons. The van der Waals surface area contributed by atoms with Gasteiger partial charge in [0.25, 0.3) is 5.91 Å². The molecule has 0 fully saturated rings. The Kier molecular flexibility index (Phi) is 8.50. The fraction of sp³-hybridized carbons (Fsp3) is 0.320. The highest BCUT2D eigenvalue weighted by atomic mass is 16.5. The molecule has 0 atom stereocenters. The summed E-state index contributed by atoms with van der Waals surface area (Å²) >= 11 is 0. The van der Waals surface area contributed by atoms with Crippen LogP contribution in [-0.2, 0) is 16.1 Å². The lowest BCUT2D eigenvalue weighted by atomic mass is 10.2. The van der Waals surface area contributed by atoms with Gasteiger partial charge in [-0.15, -0.1) is 0 Å². The van der Waals surface area contributed by atoms with Gasteiger partial charge in [0.1, 0.15) is 0 Å². The first-order valence-electron chi connectivity index (χ1n) is 10.9. The summed E-state index contributed by atoms with van der Waals surface area (Å²) in [6, 6.07) is 14.8. The van der Waals surface area contributed by atoms with Crippen molar-refractivity contribution in [2.45, 2.75) is 20.4 Å². The number of methoxy groups -OCH3 is 2. The molecule has 0 aliphatic heterocycles. The number of hydrogen-bond donors (Lipinski definition) is 0. The smallest absolute Gasteiger partial charge is 0.362 e. The average Bonchev–Trinajstić information content (AvgIpc) is 3.30. The Morgan fingerprint density at radius 2 is 1.71 bits per heavy atom. The van der Waals surface area contributed by atoms with Crippen molar-refractivity contribution in [3.8, 4) is 22.9 Å². The number of hydrogen-bond acceptors (Lipinski definition) is 7. The number of carbonyl (C=O) groups is 2. The zero-order valence-corrected chi connectivity index (χ0v) is 19.8. The van der Waals surface area contributed by atoms with Crippen LogP contribution in [0.15, 0.2) is 54.7 Å². The van der Waals surface area contributed by atoms with Crippen molar-refractivity contribution >= 4 is 11.9 Å². The highest BCUT2D eigenvalue weighted by Crippen LogP contribution is 2.28. The molecule has 180 valence electrons. The number of nitrogens with zero attached hydrogens (tertiary/aromatic N) is 3. The van der Waals surface area contributed by atoms with Crippen molar-refractivity contribution in [1.29, 1.82) is 0 Å². The van der Waals surface area contributed by atoms with E-state index in [9.17, 15) is 9.59 Å². The minimum Gasteiger partial charge on any atom is -0.493 e. The van der Waals surface area contributed by atoms with Crippen LogP contribution in [0.1, 0.15) is 29.9 Å². The first-order valence-corrected chi connectivity index (χ1v) is 10.9. The largest absolute Gasteiger partial charge is 0.493 e. The molecule has 0 aliphatic carbocycles. The summed E-state index contributed by atoms with van der Waals surface area (Å²) in [5.74, 6) is 0.535. The fourth-order valence-electron chi connectivity index (χ4n) is 3.32. The molecule has 9 nitrogen and oxygen atoms in total. The van der Waals surface area contributed by atoms with Crippen LogP contribution < -0.4 is 14.2 Å². The Labute approximate surface area is 198 Å². The van der Waals surface area contributed by atoms with Gasteiger partial charge in [0.2, 0.25) is 5.69 Å². The summed E-state index contributed by atoms with van der Waals surface area (Å²) in [7, 11) is 3.14. The van der Waals surface area contributed by atoms with E-state index in [-0.39, 0.29) is 30.6 Å². The highest BCUT2D eigenvalue weighted by molar-refractivity contribution is 5.90. The summed E-state index contributed by atoms with van der Waals surface area (Å²) in [6.07, 6.45) is 1.57. The van der Waals surface area contributed by atoms with Crippen LogP contribution in [0.25, 0.3) is 5.69 Å². The molecule has 0 N–H and O–H groups in total. The van der Waals surface area contributed by atoms with Gasteiger partial charge in [-0.2, -0.15) is 5.10 Å². The lowest BCUT2D eigenvalue weighted by Gasteiger charge is -2.21. The summed E-state index contributed by atoms with van der Waals surface area (Å²) in [5, 5.41) is 4.31. The summed E-state index contributed by atoms with van der Waals surface area (Å²) < 4.78 is 23.0. The third kappa shape index (κ3) is 5.86. The maximum Gasteiger partial charge on any atom is 0.362 e. The Balaban J connectivity index is 1.74. The van der Waals surface area contributed by atoms with Gasteiger partial charge in [-0.3, -0.25) is 4.79 Å². The monoisotopic (exact) mass is 467 g/mol. The molecular weight excluding hydrogens is 438 g/mol. The van der Waals surface area contributed by atoms with Crippen LogP contribution in [0.5, 0.6) is 17.2 Å². The summed E-state index contributed by atoms with van der Waals surface area (Å²) in [6.45, 7) is 4.38. The normalized spacial score (nSPS) is 10.5. The van der Waals surface area contributed by atoms with E-state index in [1.807, 2.05) is 49.4 Å². The van der Waals surface area contributed by atoms with E-state index >= 15 is 0 Å². The van der Waals surface area contributed by atoms with Gasteiger partial charge in [-0.1, -0.05) is 24.3 Å². The zero-order chi connectivity index (χ0) is 24.5. The predicted molar refractivity (Wildman–Crippen MR) is 126 cm³/mol. The van der Waals surface area contributed by atoms with Crippen molar-refractivity contribution in [3.05, 3.63) is 66.0 Å². The number of benzene rings is 2. The molecule has 0 saturated heterocycles. The lowest BCUT2D eigenvalue weighted by molar-refractivity contribution is -0.133. The quantitative estimate of drug-likeness (QED) is 0.399. The summed E-state index contributed by atoms with van der Waals surface area (Å²) in [4.78, 5) is 27.0. The molecule has 1 heterocycles. The molecule has 1 aromatic heterocycles.